The summed E-state index contributed by atoms with van der Waals surface area (Å²) < 4.78 is 0. The highest BCUT2D eigenvalue weighted by molar-refractivity contribution is 6.20. The molecule has 1 unspecified atom stereocenters. The van der Waals surface area contributed by atoms with Crippen LogP contribution in [0.5, 0.6) is 5.75 Å². The first-order valence-electron chi connectivity index (χ1n) is 13.4. The zero-order chi connectivity index (χ0) is 28.5. The normalized spacial score (nSPS) is 15.6. The van der Waals surface area contributed by atoms with Gasteiger partial charge in [-0.3, -0.25) is 14.4 Å². The fourth-order valence-electron chi connectivity index (χ4n) is 6.13. The highest BCUT2D eigenvalue weighted by Crippen LogP contribution is 2.47. The quantitative estimate of drug-likeness (QED) is 0.191. The number of benzene rings is 4. The first-order chi connectivity index (χ1) is 20.5. The summed E-state index contributed by atoms with van der Waals surface area (Å²) in [5, 5.41) is 6.25. The third-order valence-corrected chi connectivity index (χ3v) is 8.43. The van der Waals surface area contributed by atoms with Gasteiger partial charge in [0.05, 0.1) is 11.3 Å². The molecule has 206 valence electrons. The van der Waals surface area contributed by atoms with Gasteiger partial charge in [-0.2, -0.15) is 5.48 Å². The maximum Gasteiger partial charge on any atom is 0.284 e. The Morgan fingerprint density at radius 1 is 0.929 bits per heavy atom. The van der Waals surface area contributed by atoms with Gasteiger partial charge >= 0.3 is 0 Å². The van der Waals surface area contributed by atoms with E-state index < -0.39 is 0 Å². The molecule has 4 N–H and O–H groups in total. The van der Waals surface area contributed by atoms with Gasteiger partial charge in [-0.25, -0.2) is 0 Å². The van der Waals surface area contributed by atoms with Crippen molar-refractivity contribution < 1.29 is 19.2 Å². The molecular weight excluding hydrogens is 554 g/mol. The number of nitrogens with zero attached hydrogens (tertiary/aromatic N) is 1. The summed E-state index contributed by atoms with van der Waals surface area (Å²) in [5.74, 6) is -0.0949. The molecule has 42 heavy (non-hydrogen) atoms. The van der Waals surface area contributed by atoms with Crippen molar-refractivity contribution in [2.45, 2.75) is 5.92 Å². The van der Waals surface area contributed by atoms with Crippen LogP contribution in [-0.4, -0.2) is 40.1 Å². The molecule has 0 bridgehead atoms. The summed E-state index contributed by atoms with van der Waals surface area (Å²) >= 11 is 6.41. The van der Waals surface area contributed by atoms with Gasteiger partial charge in [0, 0.05) is 57.3 Å². The minimum atomic E-state index is -0.309. The van der Waals surface area contributed by atoms with Crippen molar-refractivity contribution in [3.8, 4) is 5.75 Å². The number of nitrogens with one attached hydrogen (secondary N) is 4. The summed E-state index contributed by atoms with van der Waals surface area (Å²) in [5.41, 5.74) is 7.72. The number of carbonyl (C=O) groups is 3. The van der Waals surface area contributed by atoms with E-state index in [-0.39, 0.29) is 23.6 Å². The van der Waals surface area contributed by atoms with E-state index in [0.29, 0.717) is 46.5 Å². The molecule has 8 rings (SSSR count). The molecule has 4 aromatic carbocycles. The van der Waals surface area contributed by atoms with Gasteiger partial charge in [-0.1, -0.05) is 30.3 Å². The van der Waals surface area contributed by atoms with Crippen LogP contribution in [0.1, 0.15) is 42.8 Å². The Labute approximate surface area is 243 Å². The second-order valence-corrected chi connectivity index (χ2v) is 10.9. The standard InChI is InChI=1S/C32H22ClN5O4/c33-14-18-15-38(26-13-27-29-20(28(18)26)5-3-6-21(29)30(39)37-42-27)32(41)25-12-17-10-19(8-9-23(17)36-25)34-31(40)24-11-16-4-1-2-7-22(16)35-24/h1-13,18,35-36H,14-15H2,(H,34,40)(H,37,39). The predicted octanol–water partition coefficient (Wildman–Crippen LogP) is 6.07. The van der Waals surface area contributed by atoms with E-state index in [1.807, 2.05) is 54.6 Å². The minimum absolute atomic E-state index is 0.115. The molecule has 0 saturated heterocycles. The van der Waals surface area contributed by atoms with Gasteiger partial charge < -0.3 is 25.0 Å². The van der Waals surface area contributed by atoms with Crippen molar-refractivity contribution in [3.63, 3.8) is 0 Å². The molecule has 9 nitrogen and oxygen atoms in total. The van der Waals surface area contributed by atoms with Crippen LogP contribution in [0.2, 0.25) is 0 Å². The van der Waals surface area contributed by atoms with E-state index in [0.717, 1.165) is 38.1 Å². The number of carbonyl (C=O) groups excluding carboxylic acids is 3. The molecule has 2 aliphatic rings. The van der Waals surface area contributed by atoms with Crippen molar-refractivity contribution in [3.05, 3.63) is 101 Å². The van der Waals surface area contributed by atoms with Gasteiger partial charge in [-0.05, 0) is 53.4 Å². The minimum Gasteiger partial charge on any atom is -0.378 e. The smallest absolute Gasteiger partial charge is 0.284 e. The van der Waals surface area contributed by atoms with E-state index in [1.54, 1.807) is 29.2 Å². The zero-order valence-corrected chi connectivity index (χ0v) is 22.7. The van der Waals surface area contributed by atoms with Gasteiger partial charge in [0.15, 0.2) is 5.75 Å². The third kappa shape index (κ3) is 3.67. The summed E-state index contributed by atoms with van der Waals surface area (Å²) in [4.78, 5) is 52.9. The molecule has 0 aliphatic carbocycles. The topological polar surface area (TPSA) is 119 Å². The number of hydrogen-bond acceptors (Lipinski definition) is 4. The van der Waals surface area contributed by atoms with E-state index in [4.69, 9.17) is 16.4 Å². The van der Waals surface area contributed by atoms with Gasteiger partial charge in [-0.15, -0.1) is 11.6 Å². The number of hydrogen-bond donors (Lipinski definition) is 4. The van der Waals surface area contributed by atoms with Crippen LogP contribution in [0.4, 0.5) is 11.4 Å². The Balaban J connectivity index is 1.12. The molecule has 6 aromatic rings. The van der Waals surface area contributed by atoms with Crippen LogP contribution in [0.3, 0.4) is 0 Å². The first-order valence-corrected chi connectivity index (χ1v) is 14.0. The number of aromatic nitrogens is 2. The van der Waals surface area contributed by atoms with Crippen LogP contribution in [-0.2, 0) is 0 Å². The monoisotopic (exact) mass is 575 g/mol. The number of anilines is 2. The highest BCUT2D eigenvalue weighted by atomic mass is 35.5. The van der Waals surface area contributed by atoms with Crippen LogP contribution in [0, 0.1) is 0 Å². The summed E-state index contributed by atoms with van der Waals surface area (Å²) in [7, 11) is 0. The Morgan fingerprint density at radius 2 is 1.74 bits per heavy atom. The van der Waals surface area contributed by atoms with Crippen LogP contribution >= 0.6 is 11.6 Å². The molecule has 0 fully saturated rings. The van der Waals surface area contributed by atoms with Crippen molar-refractivity contribution in [1.82, 2.24) is 15.4 Å². The molecule has 0 radical (unpaired) electrons. The fraction of sp³-hybridized carbons (Fsp3) is 0.0938. The van der Waals surface area contributed by atoms with Crippen molar-refractivity contribution in [2.24, 2.45) is 0 Å². The van der Waals surface area contributed by atoms with Crippen LogP contribution < -0.4 is 20.5 Å². The lowest BCUT2D eigenvalue weighted by atomic mass is 9.92. The van der Waals surface area contributed by atoms with E-state index in [9.17, 15) is 14.4 Å². The lowest BCUT2D eigenvalue weighted by molar-refractivity contribution is 0.0748. The van der Waals surface area contributed by atoms with E-state index >= 15 is 0 Å². The van der Waals surface area contributed by atoms with E-state index in [1.165, 1.54) is 0 Å². The molecule has 0 spiro atoms. The van der Waals surface area contributed by atoms with E-state index in [2.05, 4.69) is 20.8 Å². The average Bonchev–Trinajstić information content (AvgIpc) is 3.73. The number of halogens is 1. The molecule has 1 atom stereocenters. The fourth-order valence-corrected chi connectivity index (χ4v) is 6.38. The second-order valence-electron chi connectivity index (χ2n) is 10.5. The largest absolute Gasteiger partial charge is 0.378 e. The number of aromatic amines is 2. The third-order valence-electron chi connectivity index (χ3n) is 8.06. The molecule has 3 amide bonds. The molecule has 10 heteroatoms. The number of amides is 3. The molecule has 2 aromatic heterocycles. The molecule has 2 aliphatic heterocycles. The Kier molecular flexibility index (Phi) is 5.32. The van der Waals surface area contributed by atoms with Crippen LogP contribution in [0.15, 0.2) is 78.9 Å². The second kappa shape index (κ2) is 9.12. The van der Waals surface area contributed by atoms with Gasteiger partial charge in [0.1, 0.15) is 11.4 Å². The SMILES string of the molecule is O=C(Nc1ccc2[nH]c(C(=O)N3CC(CCl)c4c3cc3c5c(cccc45)C(=O)NO3)cc2c1)c1cc2ccccc2[nH]1. The van der Waals surface area contributed by atoms with Crippen molar-refractivity contribution in [2.75, 3.05) is 22.6 Å². The zero-order valence-electron chi connectivity index (χ0n) is 22.0. The Morgan fingerprint density at radius 3 is 2.60 bits per heavy atom. The average molecular weight is 576 g/mol. The number of H-pyrrole nitrogens is 2. The first kappa shape index (κ1) is 24.5. The van der Waals surface area contributed by atoms with Gasteiger partial charge in [0.2, 0.25) is 0 Å². The molecular formula is C32H22ClN5O4. The maximum atomic E-state index is 13.9. The highest BCUT2D eigenvalue weighted by Gasteiger charge is 2.37. The number of alkyl halides is 1. The van der Waals surface area contributed by atoms with Crippen molar-refractivity contribution >= 4 is 73.3 Å². The molecule has 4 heterocycles. The summed E-state index contributed by atoms with van der Waals surface area (Å²) in [6.45, 7) is 0.392. The summed E-state index contributed by atoms with van der Waals surface area (Å²) in [6.07, 6.45) is 0. The Hall–Kier alpha value is -5.28. The maximum absolute atomic E-state index is 13.9. The molecule has 0 saturated carbocycles. The number of para-hydroxylation sites is 1. The lowest BCUT2D eigenvalue weighted by Gasteiger charge is -2.22. The summed E-state index contributed by atoms with van der Waals surface area (Å²) in [6, 6.07) is 24.1. The number of hydroxylamine groups is 1. The van der Waals surface area contributed by atoms with Crippen molar-refractivity contribution in [1.29, 1.82) is 0 Å². The van der Waals surface area contributed by atoms with Gasteiger partial charge in [0.25, 0.3) is 17.7 Å². The van der Waals surface area contributed by atoms with Crippen LogP contribution in [0.25, 0.3) is 32.6 Å². The lowest BCUT2D eigenvalue weighted by Crippen LogP contribution is -2.32. The Bertz CT molecular complexity index is 2100. The number of rotatable bonds is 4. The number of fused-ring (bicyclic) bond motifs is 4. The predicted molar refractivity (Wildman–Crippen MR) is 162 cm³/mol.